The Morgan fingerprint density at radius 3 is 2.61 bits per heavy atom. The highest BCUT2D eigenvalue weighted by atomic mass is 19.4. The normalized spacial score (nSPS) is 15.2. The van der Waals surface area contributed by atoms with Crippen molar-refractivity contribution < 1.29 is 32.2 Å². The second-order valence-corrected chi connectivity index (χ2v) is 6.74. The molecule has 1 aromatic carbocycles. The lowest BCUT2D eigenvalue weighted by atomic mass is 9.96. The molecule has 0 aliphatic carbocycles. The number of nitrogens with one attached hydrogen (secondary N) is 1. The maximum atomic E-state index is 12.2. The number of rotatable bonds is 7. The van der Waals surface area contributed by atoms with Crippen molar-refractivity contribution in [3.8, 4) is 5.75 Å². The number of likely N-dealkylation sites (tertiary alicyclic amines) is 1. The predicted octanol–water partition coefficient (Wildman–Crippen LogP) is 3.29. The van der Waals surface area contributed by atoms with Gasteiger partial charge in [0.05, 0.1) is 6.61 Å². The Hall–Kier alpha value is -2.45. The van der Waals surface area contributed by atoms with E-state index >= 15 is 0 Å². The molecular weight excluding hydrogens is 377 g/mol. The number of hydrogen-bond acceptors (Lipinski definition) is 4. The van der Waals surface area contributed by atoms with Crippen LogP contribution in [0, 0.1) is 12.8 Å². The average molecular weight is 402 g/mol. The molecule has 1 saturated heterocycles. The summed E-state index contributed by atoms with van der Waals surface area (Å²) < 4.78 is 46.1. The molecule has 0 unspecified atom stereocenters. The third-order valence-corrected chi connectivity index (χ3v) is 4.36. The molecule has 1 fully saturated rings. The van der Waals surface area contributed by atoms with Gasteiger partial charge in [-0.05, 0) is 43.9 Å². The molecule has 156 valence electrons. The zero-order chi connectivity index (χ0) is 20.6. The van der Waals surface area contributed by atoms with Crippen LogP contribution in [0.4, 0.5) is 18.0 Å². The van der Waals surface area contributed by atoms with Crippen LogP contribution in [0.1, 0.15) is 24.8 Å². The first-order valence-corrected chi connectivity index (χ1v) is 9.20. The number of benzene rings is 1. The van der Waals surface area contributed by atoms with Crippen molar-refractivity contribution in [2.45, 2.75) is 32.4 Å². The van der Waals surface area contributed by atoms with E-state index in [0.717, 1.165) is 11.3 Å². The maximum absolute atomic E-state index is 12.2. The van der Waals surface area contributed by atoms with Gasteiger partial charge in [-0.3, -0.25) is 4.79 Å². The summed E-state index contributed by atoms with van der Waals surface area (Å²) in [5.41, 5.74) is 1.11. The van der Waals surface area contributed by atoms with Crippen LogP contribution in [0.3, 0.4) is 0 Å². The molecule has 2 amide bonds. The second kappa shape index (κ2) is 10.2. The summed E-state index contributed by atoms with van der Waals surface area (Å²) >= 11 is 0. The van der Waals surface area contributed by atoms with Gasteiger partial charge in [-0.15, -0.1) is 0 Å². The lowest BCUT2D eigenvalue weighted by Gasteiger charge is -2.30. The number of piperidine rings is 1. The summed E-state index contributed by atoms with van der Waals surface area (Å²) in [6.07, 6.45) is -4.09. The lowest BCUT2D eigenvalue weighted by Crippen LogP contribution is -2.44. The number of hydrogen-bond donors (Lipinski definition) is 1. The number of carbonyl (C=O) groups excluding carboxylic acids is 2. The van der Waals surface area contributed by atoms with Gasteiger partial charge in [0.1, 0.15) is 5.75 Å². The highest BCUT2D eigenvalue weighted by molar-refractivity contribution is 5.79. The van der Waals surface area contributed by atoms with Gasteiger partial charge in [0.25, 0.3) is 0 Å². The Kier molecular flexibility index (Phi) is 7.95. The molecule has 0 saturated carbocycles. The molecule has 0 atom stereocenters. The smallest absolute Gasteiger partial charge is 0.422 e. The number of alkyl halides is 3. The minimum Gasteiger partial charge on any atom is -0.494 e. The van der Waals surface area contributed by atoms with E-state index in [9.17, 15) is 22.8 Å². The molecule has 1 aliphatic rings. The van der Waals surface area contributed by atoms with Gasteiger partial charge >= 0.3 is 12.3 Å². The zero-order valence-electron chi connectivity index (χ0n) is 15.8. The molecule has 2 rings (SSSR count). The van der Waals surface area contributed by atoms with Crippen molar-refractivity contribution in [1.82, 2.24) is 10.2 Å². The SMILES string of the molecule is Cc1cccc(OCCCNC(=O)C2CCN(C(=O)OCC(F)(F)F)CC2)c1. The largest absolute Gasteiger partial charge is 0.494 e. The van der Waals surface area contributed by atoms with E-state index in [0.29, 0.717) is 32.4 Å². The Labute approximate surface area is 162 Å². The molecule has 0 radical (unpaired) electrons. The monoisotopic (exact) mass is 402 g/mol. The average Bonchev–Trinajstić information content (AvgIpc) is 2.65. The van der Waals surface area contributed by atoms with Crippen LogP contribution >= 0.6 is 0 Å². The summed E-state index contributed by atoms with van der Waals surface area (Å²) in [6, 6.07) is 7.71. The molecule has 1 N–H and O–H groups in total. The Morgan fingerprint density at radius 2 is 1.96 bits per heavy atom. The molecule has 6 nitrogen and oxygen atoms in total. The van der Waals surface area contributed by atoms with Crippen LogP contribution in [0.15, 0.2) is 24.3 Å². The molecule has 1 aliphatic heterocycles. The summed E-state index contributed by atoms with van der Waals surface area (Å²) in [7, 11) is 0. The molecule has 1 aromatic rings. The predicted molar refractivity (Wildman–Crippen MR) is 96.0 cm³/mol. The fraction of sp³-hybridized carbons (Fsp3) is 0.579. The highest BCUT2D eigenvalue weighted by Gasteiger charge is 2.32. The van der Waals surface area contributed by atoms with Crippen molar-refractivity contribution >= 4 is 12.0 Å². The van der Waals surface area contributed by atoms with E-state index in [4.69, 9.17) is 4.74 Å². The van der Waals surface area contributed by atoms with E-state index in [-0.39, 0.29) is 24.9 Å². The molecule has 28 heavy (non-hydrogen) atoms. The first kappa shape index (κ1) is 21.8. The van der Waals surface area contributed by atoms with Crippen LogP contribution in [0.2, 0.25) is 0 Å². The van der Waals surface area contributed by atoms with Crippen molar-refractivity contribution in [3.63, 3.8) is 0 Å². The topological polar surface area (TPSA) is 67.9 Å². The molecule has 0 aromatic heterocycles. The van der Waals surface area contributed by atoms with Gasteiger partial charge in [0, 0.05) is 25.6 Å². The number of ether oxygens (including phenoxy) is 2. The molecular formula is C19H25F3N2O4. The van der Waals surface area contributed by atoms with Crippen LogP contribution in [-0.2, 0) is 9.53 Å². The van der Waals surface area contributed by atoms with E-state index < -0.39 is 18.9 Å². The third kappa shape index (κ3) is 7.66. The van der Waals surface area contributed by atoms with Crippen LogP contribution in [0.25, 0.3) is 0 Å². The zero-order valence-corrected chi connectivity index (χ0v) is 15.8. The van der Waals surface area contributed by atoms with Gasteiger partial charge in [-0.25, -0.2) is 4.79 Å². The fourth-order valence-electron chi connectivity index (χ4n) is 2.88. The quantitative estimate of drug-likeness (QED) is 0.711. The first-order chi connectivity index (χ1) is 13.2. The third-order valence-electron chi connectivity index (χ3n) is 4.36. The number of halogens is 3. The standard InChI is InChI=1S/C19H25F3N2O4/c1-14-4-2-5-16(12-14)27-11-3-8-23-17(25)15-6-9-24(10-7-15)18(26)28-13-19(20,21)22/h2,4-5,12,15H,3,6-11,13H2,1H3,(H,23,25). The molecule has 0 bridgehead atoms. The van der Waals surface area contributed by atoms with Crippen LogP contribution in [0.5, 0.6) is 5.75 Å². The minimum absolute atomic E-state index is 0.112. The van der Waals surface area contributed by atoms with Gasteiger partial charge in [0.15, 0.2) is 6.61 Å². The lowest BCUT2D eigenvalue weighted by molar-refractivity contribution is -0.162. The Bertz CT molecular complexity index is 659. The van der Waals surface area contributed by atoms with E-state index in [1.54, 1.807) is 0 Å². The summed E-state index contributed by atoms with van der Waals surface area (Å²) in [4.78, 5) is 25.0. The van der Waals surface area contributed by atoms with Crippen molar-refractivity contribution in [2.75, 3.05) is 32.8 Å². The van der Waals surface area contributed by atoms with Crippen molar-refractivity contribution in [2.24, 2.45) is 5.92 Å². The van der Waals surface area contributed by atoms with Crippen molar-refractivity contribution in [1.29, 1.82) is 0 Å². The van der Waals surface area contributed by atoms with Crippen LogP contribution < -0.4 is 10.1 Å². The van der Waals surface area contributed by atoms with Gasteiger partial charge in [0.2, 0.25) is 5.91 Å². The van der Waals surface area contributed by atoms with Crippen LogP contribution in [-0.4, -0.2) is 55.9 Å². The molecule has 9 heteroatoms. The minimum atomic E-state index is -4.54. The van der Waals surface area contributed by atoms with E-state index in [1.165, 1.54) is 4.90 Å². The first-order valence-electron chi connectivity index (χ1n) is 9.20. The Balaban J connectivity index is 1.59. The number of carbonyl (C=O) groups is 2. The second-order valence-electron chi connectivity index (χ2n) is 6.74. The van der Waals surface area contributed by atoms with E-state index in [2.05, 4.69) is 10.1 Å². The summed E-state index contributed by atoms with van der Waals surface area (Å²) in [5, 5.41) is 2.84. The number of amides is 2. The number of nitrogens with zero attached hydrogens (tertiary/aromatic N) is 1. The van der Waals surface area contributed by atoms with Gasteiger partial charge < -0.3 is 19.7 Å². The van der Waals surface area contributed by atoms with E-state index in [1.807, 2.05) is 31.2 Å². The van der Waals surface area contributed by atoms with Gasteiger partial charge in [-0.2, -0.15) is 13.2 Å². The molecule has 0 spiro atoms. The summed E-state index contributed by atoms with van der Waals surface area (Å²) in [6.45, 7) is 1.73. The maximum Gasteiger partial charge on any atom is 0.422 e. The number of aryl methyl sites for hydroxylation is 1. The summed E-state index contributed by atoms with van der Waals surface area (Å²) in [5.74, 6) is 0.416. The van der Waals surface area contributed by atoms with Gasteiger partial charge in [-0.1, -0.05) is 12.1 Å². The fourth-order valence-corrected chi connectivity index (χ4v) is 2.88. The highest BCUT2D eigenvalue weighted by Crippen LogP contribution is 2.20. The van der Waals surface area contributed by atoms with Crippen molar-refractivity contribution in [3.05, 3.63) is 29.8 Å². The Morgan fingerprint density at radius 1 is 1.25 bits per heavy atom. The molecule has 1 heterocycles.